The van der Waals surface area contributed by atoms with Crippen LogP contribution in [0, 0.1) is 0 Å². The number of carbonyl (C=O) groups is 3. The maximum absolute atomic E-state index is 12.9. The highest BCUT2D eigenvalue weighted by molar-refractivity contribution is 6.64. The van der Waals surface area contributed by atoms with E-state index in [1.165, 1.54) is 5.06 Å². The first kappa shape index (κ1) is 19.9. The highest BCUT2D eigenvalue weighted by atomic mass is 16.7. The Labute approximate surface area is 171 Å². The third kappa shape index (κ3) is 4.46. The van der Waals surface area contributed by atoms with Crippen LogP contribution in [0.2, 0.25) is 0 Å². The molecule has 3 heterocycles. The lowest BCUT2D eigenvalue weighted by Gasteiger charge is -2.34. The molecule has 0 unspecified atom stereocenters. The predicted molar refractivity (Wildman–Crippen MR) is 109 cm³/mol. The first-order valence-corrected chi connectivity index (χ1v) is 10.4. The lowest BCUT2D eigenvalue weighted by atomic mass is 9.89. The van der Waals surface area contributed by atoms with Gasteiger partial charge in [-0.05, 0) is 44.3 Å². The van der Waals surface area contributed by atoms with Crippen molar-refractivity contribution in [1.82, 2.24) is 20.1 Å². The standard InChI is InChI=1S/C20H27BN4O4/c26-14-21-23-10-8-16(9-11-23)22-19(27)18-7-6-17-12-24(18)20(28)25(17)29-13-15-4-2-1-3-5-15/h1-5,14,16-18,21H,6-13H2,(H,22,27)/t17-,18+/m1/s1. The number of hydrogen-bond acceptors (Lipinski definition) is 5. The highest BCUT2D eigenvalue weighted by Gasteiger charge is 2.48. The summed E-state index contributed by atoms with van der Waals surface area (Å²) in [6, 6.07) is 9.20. The molecule has 2 atom stereocenters. The van der Waals surface area contributed by atoms with Gasteiger partial charge in [0.25, 0.3) is 7.41 Å². The van der Waals surface area contributed by atoms with Crippen LogP contribution in [0.5, 0.6) is 0 Å². The number of rotatable bonds is 7. The smallest absolute Gasteiger partial charge is 0.345 e. The summed E-state index contributed by atoms with van der Waals surface area (Å²) >= 11 is 0. The second kappa shape index (κ2) is 8.96. The lowest BCUT2D eigenvalue weighted by molar-refractivity contribution is -0.140. The number of amides is 3. The maximum Gasteiger partial charge on any atom is 0.345 e. The first-order chi connectivity index (χ1) is 14.2. The minimum Gasteiger partial charge on any atom is -0.351 e. The molecule has 154 valence electrons. The molecule has 2 bridgehead atoms. The van der Waals surface area contributed by atoms with Gasteiger partial charge in [0.05, 0.1) is 12.2 Å². The van der Waals surface area contributed by atoms with Crippen molar-refractivity contribution < 1.29 is 19.2 Å². The number of piperidine rings is 2. The number of fused-ring (bicyclic) bond motifs is 2. The molecule has 3 saturated heterocycles. The average Bonchev–Trinajstić information content (AvgIpc) is 2.98. The van der Waals surface area contributed by atoms with Crippen molar-refractivity contribution in [3.63, 3.8) is 0 Å². The number of urea groups is 1. The molecule has 3 fully saturated rings. The van der Waals surface area contributed by atoms with Gasteiger partial charge in [-0.25, -0.2) is 4.79 Å². The molecular weight excluding hydrogens is 371 g/mol. The van der Waals surface area contributed by atoms with E-state index in [2.05, 4.69) is 10.1 Å². The monoisotopic (exact) mass is 398 g/mol. The normalized spacial score (nSPS) is 25.2. The van der Waals surface area contributed by atoms with Crippen molar-refractivity contribution >= 4 is 25.5 Å². The SMILES string of the molecule is O=CBN1CCC(NC(=O)[C@@H]2CC[C@@H]3CN2C(=O)N3OCc2ccccc2)CC1. The van der Waals surface area contributed by atoms with E-state index in [1.807, 2.05) is 30.3 Å². The van der Waals surface area contributed by atoms with Crippen LogP contribution in [0.15, 0.2) is 30.3 Å². The molecule has 0 aliphatic carbocycles. The van der Waals surface area contributed by atoms with E-state index in [-0.39, 0.29) is 24.0 Å². The lowest BCUT2D eigenvalue weighted by Crippen LogP contribution is -2.54. The summed E-state index contributed by atoms with van der Waals surface area (Å²) in [4.78, 5) is 45.9. The Kier molecular flexibility index (Phi) is 6.15. The topological polar surface area (TPSA) is 82.2 Å². The summed E-state index contributed by atoms with van der Waals surface area (Å²) < 4.78 is 0. The third-order valence-corrected chi connectivity index (χ3v) is 6.11. The summed E-state index contributed by atoms with van der Waals surface area (Å²) in [6.45, 7) is 2.48. The number of carbonyl (C=O) groups excluding carboxylic acids is 3. The summed E-state index contributed by atoms with van der Waals surface area (Å²) in [5.41, 5.74) is 1.01. The predicted octanol–water partition coefficient (Wildman–Crippen LogP) is 0.509. The van der Waals surface area contributed by atoms with Gasteiger partial charge in [0, 0.05) is 12.6 Å². The van der Waals surface area contributed by atoms with Crippen molar-refractivity contribution in [2.75, 3.05) is 19.6 Å². The Bertz CT molecular complexity index is 741. The van der Waals surface area contributed by atoms with E-state index in [4.69, 9.17) is 4.84 Å². The molecule has 9 heteroatoms. The van der Waals surface area contributed by atoms with Crippen LogP contribution >= 0.6 is 0 Å². The first-order valence-electron chi connectivity index (χ1n) is 10.4. The van der Waals surface area contributed by atoms with Crippen LogP contribution in [-0.2, 0) is 21.0 Å². The highest BCUT2D eigenvalue weighted by Crippen LogP contribution is 2.30. The third-order valence-electron chi connectivity index (χ3n) is 6.11. The van der Waals surface area contributed by atoms with Crippen molar-refractivity contribution in [3.8, 4) is 0 Å². The van der Waals surface area contributed by atoms with Gasteiger partial charge in [0.15, 0.2) is 0 Å². The van der Waals surface area contributed by atoms with Gasteiger partial charge in [-0.1, -0.05) is 30.3 Å². The molecule has 3 amide bonds. The van der Waals surface area contributed by atoms with Crippen LogP contribution in [0.4, 0.5) is 4.79 Å². The van der Waals surface area contributed by atoms with Gasteiger partial charge in [0.1, 0.15) is 12.6 Å². The molecule has 29 heavy (non-hydrogen) atoms. The molecule has 3 aliphatic rings. The summed E-state index contributed by atoms with van der Waals surface area (Å²) in [5, 5.41) is 4.58. The zero-order valence-electron chi connectivity index (χ0n) is 16.5. The zero-order chi connectivity index (χ0) is 20.2. The van der Waals surface area contributed by atoms with E-state index >= 15 is 0 Å². The van der Waals surface area contributed by atoms with Gasteiger partial charge < -0.3 is 19.8 Å². The quantitative estimate of drug-likeness (QED) is 0.535. The Balaban J connectivity index is 1.30. The molecule has 8 nitrogen and oxygen atoms in total. The minimum absolute atomic E-state index is 0.00171. The van der Waals surface area contributed by atoms with E-state index in [0.29, 0.717) is 27.0 Å². The van der Waals surface area contributed by atoms with E-state index < -0.39 is 6.04 Å². The largest absolute Gasteiger partial charge is 0.351 e. The van der Waals surface area contributed by atoms with Gasteiger partial charge in [-0.15, -0.1) is 0 Å². The Morgan fingerprint density at radius 3 is 2.66 bits per heavy atom. The number of benzene rings is 1. The van der Waals surface area contributed by atoms with Crippen molar-refractivity contribution in [3.05, 3.63) is 35.9 Å². The molecule has 0 radical (unpaired) electrons. The average molecular weight is 398 g/mol. The molecule has 4 rings (SSSR count). The van der Waals surface area contributed by atoms with Crippen molar-refractivity contribution in [2.24, 2.45) is 0 Å². The van der Waals surface area contributed by atoms with Crippen LogP contribution in [0.25, 0.3) is 0 Å². The summed E-state index contributed by atoms with van der Waals surface area (Å²) in [6.07, 6.45) is 3.98. The van der Waals surface area contributed by atoms with Gasteiger partial charge in [-0.2, -0.15) is 5.06 Å². The molecular formula is C20H27BN4O4. The van der Waals surface area contributed by atoms with E-state index in [9.17, 15) is 14.4 Å². The molecule has 0 aromatic heterocycles. The molecule has 1 N–H and O–H groups in total. The van der Waals surface area contributed by atoms with Crippen LogP contribution in [-0.4, -0.2) is 78.1 Å². The van der Waals surface area contributed by atoms with Crippen molar-refractivity contribution in [1.29, 1.82) is 0 Å². The molecule has 1 aromatic rings. The number of hydrogen-bond donors (Lipinski definition) is 1. The van der Waals surface area contributed by atoms with E-state index in [0.717, 1.165) is 44.1 Å². The number of nitrogens with zero attached hydrogens (tertiary/aromatic N) is 3. The summed E-state index contributed by atoms with van der Waals surface area (Å²) in [7, 11) is 0.450. The van der Waals surface area contributed by atoms with Crippen molar-refractivity contribution in [2.45, 2.75) is 50.4 Å². The van der Waals surface area contributed by atoms with Gasteiger partial charge in [0.2, 0.25) is 5.91 Å². The van der Waals surface area contributed by atoms with E-state index in [1.54, 1.807) is 4.90 Å². The summed E-state index contributed by atoms with van der Waals surface area (Å²) in [5.74, 6) is -0.0736. The fourth-order valence-electron chi connectivity index (χ4n) is 4.45. The minimum atomic E-state index is -0.433. The van der Waals surface area contributed by atoms with Crippen LogP contribution in [0.1, 0.15) is 31.2 Å². The molecule has 0 saturated carbocycles. The van der Waals surface area contributed by atoms with Crippen LogP contribution < -0.4 is 5.32 Å². The van der Waals surface area contributed by atoms with Gasteiger partial charge in [-0.3, -0.25) is 9.63 Å². The Morgan fingerprint density at radius 1 is 1.17 bits per heavy atom. The Hall–Kier alpha value is -2.39. The molecule has 0 spiro atoms. The second-order valence-corrected chi connectivity index (χ2v) is 8.02. The number of hydroxylamine groups is 2. The maximum atomic E-state index is 12.9. The number of nitrogens with one attached hydrogen (secondary N) is 1. The molecule has 1 aromatic carbocycles. The zero-order valence-corrected chi connectivity index (χ0v) is 16.5. The molecule has 3 aliphatic heterocycles. The fraction of sp³-hybridized carbons (Fsp3) is 0.550. The second-order valence-electron chi connectivity index (χ2n) is 8.02. The van der Waals surface area contributed by atoms with Crippen LogP contribution in [0.3, 0.4) is 0 Å². The Morgan fingerprint density at radius 2 is 1.93 bits per heavy atom. The fourth-order valence-corrected chi connectivity index (χ4v) is 4.45. The van der Waals surface area contributed by atoms with Gasteiger partial charge >= 0.3 is 6.03 Å².